The van der Waals surface area contributed by atoms with E-state index in [9.17, 15) is 14.3 Å². The van der Waals surface area contributed by atoms with E-state index in [0.29, 0.717) is 21.8 Å². The molecule has 1 aliphatic rings. The number of H-pyrrole nitrogens is 1. The van der Waals surface area contributed by atoms with Crippen molar-refractivity contribution in [3.63, 3.8) is 0 Å². The number of hydrogen-bond donors (Lipinski definition) is 2. The second kappa shape index (κ2) is 7.77. The standard InChI is InChI=1S/C20H14Cl2FN3O3/c21-13-3-1-11(2-4-13)9-26-19(27)16(25-20(26)28)7-12-8-24-17-14(12)5-6-15(22)18(17)29-10-23/h1-8,27H,9-10H2,(H,25,28)/b12-7+. The molecule has 1 aliphatic heterocycles. The number of rotatable bonds is 5. The predicted octanol–water partition coefficient (Wildman–Crippen LogP) is 4.80. The first kappa shape index (κ1) is 19.3. The number of ether oxygens (including phenoxy) is 1. The molecule has 2 N–H and O–H groups in total. The van der Waals surface area contributed by atoms with Gasteiger partial charge < -0.3 is 14.8 Å². The summed E-state index contributed by atoms with van der Waals surface area (Å²) in [4.78, 5) is 19.2. The van der Waals surface area contributed by atoms with Gasteiger partial charge in [-0.25, -0.2) is 9.18 Å². The van der Waals surface area contributed by atoms with Gasteiger partial charge in [-0.2, -0.15) is 0 Å². The third kappa shape index (κ3) is 3.66. The Labute approximate surface area is 174 Å². The van der Waals surface area contributed by atoms with Gasteiger partial charge in [0.05, 0.1) is 11.6 Å². The average Bonchev–Trinajstić information content (AvgIpc) is 3.22. The molecule has 29 heavy (non-hydrogen) atoms. The van der Waals surface area contributed by atoms with Gasteiger partial charge in [-0.1, -0.05) is 41.4 Å². The maximum absolute atomic E-state index is 12.6. The Balaban J connectivity index is 1.69. The number of aromatic hydroxyl groups is 1. The number of alkyl halides is 1. The van der Waals surface area contributed by atoms with E-state index >= 15 is 0 Å². The van der Waals surface area contributed by atoms with Crippen molar-refractivity contribution in [3.8, 4) is 11.6 Å². The van der Waals surface area contributed by atoms with E-state index in [1.807, 2.05) is 0 Å². The number of aromatic nitrogens is 2. The Morgan fingerprint density at radius 1 is 1.21 bits per heavy atom. The van der Waals surface area contributed by atoms with Crippen molar-refractivity contribution in [2.75, 3.05) is 6.86 Å². The average molecular weight is 434 g/mol. The molecule has 0 saturated carbocycles. The molecule has 9 heteroatoms. The molecule has 1 aromatic heterocycles. The Morgan fingerprint density at radius 2 is 1.97 bits per heavy atom. The van der Waals surface area contributed by atoms with E-state index in [0.717, 1.165) is 5.56 Å². The normalized spacial score (nSPS) is 13.8. The van der Waals surface area contributed by atoms with Crippen LogP contribution in [0.5, 0.6) is 11.6 Å². The monoisotopic (exact) mass is 433 g/mol. The van der Waals surface area contributed by atoms with Crippen LogP contribution in [0.2, 0.25) is 10.0 Å². The molecular weight excluding hydrogens is 420 g/mol. The van der Waals surface area contributed by atoms with E-state index in [4.69, 9.17) is 27.9 Å². The van der Waals surface area contributed by atoms with E-state index in [1.54, 1.807) is 42.5 Å². The van der Waals surface area contributed by atoms with Gasteiger partial charge in [-0.15, -0.1) is 0 Å². The first-order valence-electron chi connectivity index (χ1n) is 8.51. The van der Waals surface area contributed by atoms with Crippen molar-refractivity contribution in [3.05, 3.63) is 73.7 Å². The molecular formula is C20H14Cl2FN3O3. The van der Waals surface area contributed by atoms with Crippen LogP contribution in [0.1, 0.15) is 16.8 Å². The van der Waals surface area contributed by atoms with Gasteiger partial charge in [0, 0.05) is 22.4 Å². The molecule has 0 bridgehead atoms. The smallest absolute Gasteiger partial charge is 0.329 e. The molecule has 2 aromatic carbocycles. The fourth-order valence-corrected chi connectivity index (χ4v) is 3.41. The Bertz CT molecular complexity index is 1200. The molecule has 0 aliphatic carbocycles. The second-order valence-corrected chi connectivity index (χ2v) is 7.11. The lowest BCUT2D eigenvalue weighted by atomic mass is 10.1. The molecule has 4 rings (SSSR count). The van der Waals surface area contributed by atoms with E-state index < -0.39 is 12.6 Å². The van der Waals surface area contributed by atoms with Gasteiger partial charge in [0.25, 0.3) is 0 Å². The number of halogens is 3. The summed E-state index contributed by atoms with van der Waals surface area (Å²) in [5.74, 6) is -0.0714. The number of hydrogen-bond acceptors (Lipinski definition) is 4. The lowest BCUT2D eigenvalue weighted by Gasteiger charge is -2.08. The lowest BCUT2D eigenvalue weighted by Crippen LogP contribution is -2.17. The summed E-state index contributed by atoms with van der Waals surface area (Å²) in [5, 5.41) is 11.4. The van der Waals surface area contributed by atoms with E-state index in [2.05, 4.69) is 9.98 Å². The maximum atomic E-state index is 12.6. The topological polar surface area (TPSA) is 79.6 Å². The zero-order chi connectivity index (χ0) is 20.5. The molecule has 3 aromatic rings. The van der Waals surface area contributed by atoms with Crippen LogP contribution >= 0.6 is 23.2 Å². The summed E-state index contributed by atoms with van der Waals surface area (Å²) < 4.78 is 18.8. The number of fused-ring (bicyclic) bond motifs is 1. The van der Waals surface area contributed by atoms with Crippen LogP contribution < -0.4 is 10.4 Å². The summed E-state index contributed by atoms with van der Waals surface area (Å²) in [6.45, 7) is -0.858. The molecule has 0 radical (unpaired) electrons. The van der Waals surface area contributed by atoms with Crippen molar-refractivity contribution < 1.29 is 14.2 Å². The highest BCUT2D eigenvalue weighted by molar-refractivity contribution is 6.33. The summed E-state index contributed by atoms with van der Waals surface area (Å²) in [6.07, 6.45) is 3.11. The van der Waals surface area contributed by atoms with Crippen LogP contribution in [-0.4, -0.2) is 27.7 Å². The molecule has 2 heterocycles. The number of aliphatic imine (C=N–C) groups is 1. The highest BCUT2D eigenvalue weighted by Crippen LogP contribution is 2.44. The van der Waals surface area contributed by atoms with Crippen LogP contribution in [0.4, 0.5) is 10.1 Å². The highest BCUT2D eigenvalue weighted by Gasteiger charge is 2.21. The van der Waals surface area contributed by atoms with Crippen LogP contribution in [-0.2, 0) is 6.54 Å². The number of nitrogens with one attached hydrogen (secondary N) is 1. The number of nitrogens with zero attached hydrogens (tertiary/aromatic N) is 2. The van der Waals surface area contributed by atoms with E-state index in [-0.39, 0.29) is 28.9 Å². The minimum absolute atomic E-state index is 0.143. The SMILES string of the molecule is O=c1[nH]c(/C=C2\C=Nc3c2ccc(Cl)c3OCF)c(O)n1Cc1ccc(Cl)cc1. The van der Waals surface area contributed by atoms with Gasteiger partial charge in [-0.05, 0) is 29.8 Å². The first-order chi connectivity index (χ1) is 14.0. The quantitative estimate of drug-likeness (QED) is 0.606. The third-order valence-electron chi connectivity index (χ3n) is 4.46. The minimum atomic E-state index is -1.04. The molecule has 6 nitrogen and oxygen atoms in total. The summed E-state index contributed by atoms with van der Waals surface area (Å²) in [6, 6.07) is 10.2. The molecule has 0 spiro atoms. The Kier molecular flexibility index (Phi) is 5.17. The van der Waals surface area contributed by atoms with Crippen molar-refractivity contribution in [1.29, 1.82) is 0 Å². The Morgan fingerprint density at radius 3 is 2.69 bits per heavy atom. The molecule has 148 valence electrons. The van der Waals surface area contributed by atoms with Crippen molar-refractivity contribution >= 4 is 46.8 Å². The molecule has 0 saturated heterocycles. The number of benzene rings is 2. The molecule has 0 fully saturated rings. The zero-order valence-corrected chi connectivity index (χ0v) is 16.3. The zero-order valence-electron chi connectivity index (χ0n) is 14.8. The Hall–Kier alpha value is -3.03. The van der Waals surface area contributed by atoms with E-state index in [1.165, 1.54) is 10.8 Å². The molecule has 0 atom stereocenters. The van der Waals surface area contributed by atoms with Crippen LogP contribution in [0.3, 0.4) is 0 Å². The predicted molar refractivity (Wildman–Crippen MR) is 111 cm³/mol. The maximum Gasteiger partial charge on any atom is 0.329 e. The fraction of sp³-hybridized carbons (Fsp3) is 0.100. The molecule has 0 unspecified atom stereocenters. The van der Waals surface area contributed by atoms with Crippen molar-refractivity contribution in [2.45, 2.75) is 6.54 Å². The summed E-state index contributed by atoms with van der Waals surface area (Å²) >= 11 is 11.9. The largest absolute Gasteiger partial charge is 0.493 e. The summed E-state index contributed by atoms with van der Waals surface area (Å²) in [7, 11) is 0. The van der Waals surface area contributed by atoms with Crippen LogP contribution in [0.25, 0.3) is 11.6 Å². The molecule has 0 amide bonds. The highest BCUT2D eigenvalue weighted by atomic mass is 35.5. The van der Waals surface area contributed by atoms with Crippen molar-refractivity contribution in [2.24, 2.45) is 4.99 Å². The number of allylic oxidation sites excluding steroid dienone is 1. The van der Waals surface area contributed by atoms with Crippen LogP contribution in [0.15, 0.2) is 46.2 Å². The third-order valence-corrected chi connectivity index (χ3v) is 5.01. The van der Waals surface area contributed by atoms with Gasteiger partial charge >= 0.3 is 5.69 Å². The first-order valence-corrected chi connectivity index (χ1v) is 9.27. The minimum Gasteiger partial charge on any atom is -0.493 e. The fourth-order valence-electron chi connectivity index (χ4n) is 3.07. The van der Waals surface area contributed by atoms with Crippen LogP contribution in [0, 0.1) is 0 Å². The lowest BCUT2D eigenvalue weighted by molar-refractivity contribution is 0.192. The van der Waals surface area contributed by atoms with Gasteiger partial charge in [0.15, 0.2) is 5.75 Å². The van der Waals surface area contributed by atoms with Crippen molar-refractivity contribution in [1.82, 2.24) is 9.55 Å². The second-order valence-electron chi connectivity index (χ2n) is 6.26. The number of aromatic amines is 1. The van der Waals surface area contributed by atoms with Gasteiger partial charge in [-0.3, -0.25) is 9.56 Å². The summed E-state index contributed by atoms with van der Waals surface area (Å²) in [5.41, 5.74) is 2.21. The van der Waals surface area contributed by atoms with Gasteiger partial charge in [0.2, 0.25) is 12.7 Å². The number of imidazole rings is 1. The van der Waals surface area contributed by atoms with Gasteiger partial charge in [0.1, 0.15) is 11.4 Å².